The fourth-order valence-electron chi connectivity index (χ4n) is 2.68. The second-order valence-corrected chi connectivity index (χ2v) is 5.49. The number of rotatable bonds is 4. The molecule has 3 heterocycles. The lowest BCUT2D eigenvalue weighted by atomic mass is 10.1. The molecule has 2 N–H and O–H groups in total. The zero-order valence-electron chi connectivity index (χ0n) is 12.2. The maximum Gasteiger partial charge on any atom is 0.223 e. The highest BCUT2D eigenvalue weighted by molar-refractivity contribution is 5.18. The molecule has 0 radical (unpaired) electrons. The van der Waals surface area contributed by atoms with Gasteiger partial charge in [0.05, 0.1) is 0 Å². The van der Waals surface area contributed by atoms with Crippen molar-refractivity contribution in [2.45, 2.75) is 25.5 Å². The summed E-state index contributed by atoms with van der Waals surface area (Å²) in [5.41, 5.74) is 0.438. The number of aromatic amines is 1. The summed E-state index contributed by atoms with van der Waals surface area (Å²) in [4.78, 5) is 20.8. The van der Waals surface area contributed by atoms with E-state index in [1.807, 2.05) is 18.2 Å². The lowest BCUT2D eigenvalue weighted by Crippen LogP contribution is -2.41. The predicted octanol–water partition coefficient (Wildman–Crippen LogP) is 1.52. The van der Waals surface area contributed by atoms with Crippen molar-refractivity contribution in [1.29, 1.82) is 0 Å². The van der Waals surface area contributed by atoms with E-state index in [1.54, 1.807) is 6.20 Å². The topological polar surface area (TPSA) is 78.5 Å². The van der Waals surface area contributed by atoms with Crippen molar-refractivity contribution in [1.82, 2.24) is 14.9 Å². The van der Waals surface area contributed by atoms with Gasteiger partial charge < -0.3 is 14.8 Å². The van der Waals surface area contributed by atoms with Crippen molar-refractivity contribution in [3.8, 4) is 11.6 Å². The van der Waals surface area contributed by atoms with Crippen molar-refractivity contribution < 1.29 is 9.84 Å². The van der Waals surface area contributed by atoms with E-state index in [0.717, 1.165) is 31.6 Å². The van der Waals surface area contributed by atoms with Gasteiger partial charge in [-0.1, -0.05) is 6.07 Å². The number of hydrogen-bond donors (Lipinski definition) is 2. The number of pyridine rings is 2. The van der Waals surface area contributed by atoms with Crippen molar-refractivity contribution >= 4 is 0 Å². The first-order chi connectivity index (χ1) is 10.7. The molecular weight excluding hydrogens is 282 g/mol. The molecule has 0 amide bonds. The van der Waals surface area contributed by atoms with Gasteiger partial charge in [0, 0.05) is 43.3 Å². The number of likely N-dealkylation sites (tertiary alicyclic amines) is 1. The van der Waals surface area contributed by atoms with Crippen LogP contribution < -0.4 is 10.2 Å². The van der Waals surface area contributed by atoms with Gasteiger partial charge in [-0.3, -0.25) is 9.69 Å². The molecule has 2 aromatic rings. The molecular formula is C16H19N3O3. The molecule has 6 nitrogen and oxygen atoms in total. The van der Waals surface area contributed by atoms with Gasteiger partial charge in [0.2, 0.25) is 11.3 Å². The molecule has 1 atom stereocenters. The predicted molar refractivity (Wildman–Crippen MR) is 81.9 cm³/mol. The molecule has 1 unspecified atom stereocenters. The van der Waals surface area contributed by atoms with Crippen LogP contribution in [0.5, 0.6) is 11.6 Å². The highest BCUT2D eigenvalue weighted by Crippen LogP contribution is 2.17. The van der Waals surface area contributed by atoms with E-state index in [0.29, 0.717) is 12.4 Å². The molecule has 0 bridgehead atoms. The van der Waals surface area contributed by atoms with Gasteiger partial charge in [0.25, 0.3) is 0 Å². The first kappa shape index (κ1) is 14.6. The Balaban J connectivity index is 1.60. The third-order valence-corrected chi connectivity index (χ3v) is 3.73. The van der Waals surface area contributed by atoms with Gasteiger partial charge in [-0.05, 0) is 25.5 Å². The van der Waals surface area contributed by atoms with E-state index in [9.17, 15) is 9.90 Å². The maximum absolute atomic E-state index is 11.5. The number of nitrogens with one attached hydrogen (secondary N) is 1. The van der Waals surface area contributed by atoms with Crippen LogP contribution in [0, 0.1) is 0 Å². The SMILES string of the molecule is O=c1cc(CN2CCCC(Oc3ccccn3)C2)[nH]cc1O. The Hall–Kier alpha value is -2.34. The van der Waals surface area contributed by atoms with Crippen molar-refractivity contribution in [3.63, 3.8) is 0 Å². The van der Waals surface area contributed by atoms with Gasteiger partial charge in [-0.15, -0.1) is 0 Å². The minimum atomic E-state index is -0.355. The summed E-state index contributed by atoms with van der Waals surface area (Å²) in [5.74, 6) is 0.395. The van der Waals surface area contributed by atoms with Crippen LogP contribution in [-0.2, 0) is 6.54 Å². The summed E-state index contributed by atoms with van der Waals surface area (Å²) in [7, 11) is 0. The van der Waals surface area contributed by atoms with E-state index in [1.165, 1.54) is 12.3 Å². The van der Waals surface area contributed by atoms with E-state index in [2.05, 4.69) is 14.9 Å². The van der Waals surface area contributed by atoms with Gasteiger partial charge in [0.15, 0.2) is 5.75 Å². The molecule has 116 valence electrons. The average Bonchev–Trinajstić information content (AvgIpc) is 2.52. The Labute approximate surface area is 128 Å². The second kappa shape index (κ2) is 6.62. The summed E-state index contributed by atoms with van der Waals surface area (Å²) in [6, 6.07) is 7.07. The second-order valence-electron chi connectivity index (χ2n) is 5.49. The maximum atomic E-state index is 11.5. The molecule has 0 aromatic carbocycles. The molecule has 3 rings (SSSR count). The molecule has 0 saturated carbocycles. The Bertz CT molecular complexity index is 672. The third-order valence-electron chi connectivity index (χ3n) is 3.73. The molecule has 22 heavy (non-hydrogen) atoms. The zero-order chi connectivity index (χ0) is 15.4. The number of ether oxygens (including phenoxy) is 1. The van der Waals surface area contributed by atoms with E-state index in [4.69, 9.17) is 4.74 Å². The fraction of sp³-hybridized carbons (Fsp3) is 0.375. The number of piperidine rings is 1. The molecule has 1 aliphatic heterocycles. The number of hydrogen-bond acceptors (Lipinski definition) is 5. The Morgan fingerprint density at radius 1 is 1.45 bits per heavy atom. The van der Waals surface area contributed by atoms with E-state index >= 15 is 0 Å². The molecule has 0 aliphatic carbocycles. The molecule has 1 saturated heterocycles. The van der Waals surface area contributed by atoms with Crippen molar-refractivity contribution in [3.05, 3.63) is 52.6 Å². The Morgan fingerprint density at radius 2 is 2.36 bits per heavy atom. The number of aromatic nitrogens is 2. The standard InChI is InChI=1S/C16H19N3O3/c20-14-8-12(18-9-15(14)21)10-19-7-3-4-13(11-19)22-16-5-1-2-6-17-16/h1-2,5-6,8-9,13,21H,3-4,7,10-11H2,(H,18,20). The first-order valence-corrected chi connectivity index (χ1v) is 7.41. The largest absolute Gasteiger partial charge is 0.503 e. The summed E-state index contributed by atoms with van der Waals surface area (Å²) < 4.78 is 5.90. The van der Waals surface area contributed by atoms with Gasteiger partial charge in [-0.2, -0.15) is 0 Å². The smallest absolute Gasteiger partial charge is 0.223 e. The molecule has 1 aliphatic rings. The summed E-state index contributed by atoms with van der Waals surface area (Å²) in [6.07, 6.45) is 5.20. The Kier molecular flexibility index (Phi) is 4.39. The van der Waals surface area contributed by atoms with Crippen LogP contribution in [0.25, 0.3) is 0 Å². The highest BCUT2D eigenvalue weighted by atomic mass is 16.5. The molecule has 0 spiro atoms. The van der Waals surface area contributed by atoms with Crippen LogP contribution in [0.4, 0.5) is 0 Å². The number of aromatic hydroxyl groups is 1. The lowest BCUT2D eigenvalue weighted by molar-refractivity contribution is 0.0801. The monoisotopic (exact) mass is 301 g/mol. The normalized spacial score (nSPS) is 19.0. The number of nitrogens with zero attached hydrogens (tertiary/aromatic N) is 2. The quantitative estimate of drug-likeness (QED) is 0.895. The average molecular weight is 301 g/mol. The summed E-state index contributed by atoms with van der Waals surface area (Å²) in [6.45, 7) is 2.39. The third kappa shape index (κ3) is 3.65. The van der Waals surface area contributed by atoms with Gasteiger partial charge >= 0.3 is 0 Å². The van der Waals surface area contributed by atoms with Crippen LogP contribution in [0.15, 0.2) is 41.5 Å². The van der Waals surface area contributed by atoms with Crippen LogP contribution >= 0.6 is 0 Å². The van der Waals surface area contributed by atoms with Crippen LogP contribution in [0.2, 0.25) is 0 Å². The van der Waals surface area contributed by atoms with Crippen molar-refractivity contribution in [2.24, 2.45) is 0 Å². The van der Waals surface area contributed by atoms with Crippen LogP contribution in [-0.4, -0.2) is 39.2 Å². The van der Waals surface area contributed by atoms with E-state index in [-0.39, 0.29) is 17.3 Å². The number of H-pyrrole nitrogens is 1. The minimum Gasteiger partial charge on any atom is -0.503 e. The minimum absolute atomic E-state index is 0.104. The van der Waals surface area contributed by atoms with Crippen LogP contribution in [0.3, 0.4) is 0 Å². The molecule has 6 heteroatoms. The molecule has 1 fully saturated rings. The van der Waals surface area contributed by atoms with Gasteiger partial charge in [-0.25, -0.2) is 4.98 Å². The summed E-state index contributed by atoms with van der Waals surface area (Å²) >= 11 is 0. The Morgan fingerprint density at radius 3 is 3.14 bits per heavy atom. The first-order valence-electron chi connectivity index (χ1n) is 7.41. The lowest BCUT2D eigenvalue weighted by Gasteiger charge is -2.32. The molecule has 2 aromatic heterocycles. The fourth-order valence-corrected chi connectivity index (χ4v) is 2.68. The van der Waals surface area contributed by atoms with E-state index < -0.39 is 0 Å². The summed E-state index contributed by atoms with van der Waals surface area (Å²) in [5, 5.41) is 9.27. The van der Waals surface area contributed by atoms with Crippen LogP contribution in [0.1, 0.15) is 18.5 Å². The zero-order valence-corrected chi connectivity index (χ0v) is 12.2. The van der Waals surface area contributed by atoms with Crippen molar-refractivity contribution in [2.75, 3.05) is 13.1 Å². The highest BCUT2D eigenvalue weighted by Gasteiger charge is 2.22. The van der Waals surface area contributed by atoms with Gasteiger partial charge in [0.1, 0.15) is 6.10 Å².